The van der Waals surface area contributed by atoms with E-state index in [0.717, 1.165) is 25.8 Å². The topological polar surface area (TPSA) is 32.3 Å². The second kappa shape index (κ2) is 6.01. The Hall–Kier alpha value is -1.35. The molecule has 0 radical (unpaired) electrons. The summed E-state index contributed by atoms with van der Waals surface area (Å²) in [6, 6.07) is 8.72. The quantitative estimate of drug-likeness (QED) is 0.807. The van der Waals surface area contributed by atoms with E-state index < -0.39 is 0 Å². The average molecular weight is 246 g/mol. The van der Waals surface area contributed by atoms with Crippen LogP contribution in [0.3, 0.4) is 0 Å². The minimum atomic E-state index is 0.185. The van der Waals surface area contributed by atoms with E-state index in [9.17, 15) is 4.79 Å². The lowest BCUT2D eigenvalue weighted by atomic mass is 10.1. The molecule has 3 nitrogen and oxygen atoms in total. The Morgan fingerprint density at radius 2 is 2.22 bits per heavy atom. The summed E-state index contributed by atoms with van der Waals surface area (Å²) in [5.41, 5.74) is 2.72. The van der Waals surface area contributed by atoms with Crippen molar-refractivity contribution in [3.63, 3.8) is 0 Å². The van der Waals surface area contributed by atoms with Crippen molar-refractivity contribution in [1.82, 2.24) is 10.2 Å². The van der Waals surface area contributed by atoms with Gasteiger partial charge in [0.25, 0.3) is 0 Å². The highest BCUT2D eigenvalue weighted by Gasteiger charge is 2.27. The molecule has 1 amide bonds. The number of aryl methyl sites for hydroxylation is 1. The van der Waals surface area contributed by atoms with Gasteiger partial charge in [0.1, 0.15) is 0 Å². The predicted molar refractivity (Wildman–Crippen MR) is 73.4 cm³/mol. The molecule has 0 aliphatic heterocycles. The summed E-state index contributed by atoms with van der Waals surface area (Å²) in [7, 11) is 1.92. The van der Waals surface area contributed by atoms with E-state index >= 15 is 0 Å². The van der Waals surface area contributed by atoms with Crippen LogP contribution in [-0.2, 0) is 11.2 Å². The first-order valence-corrected chi connectivity index (χ1v) is 6.78. The minimum absolute atomic E-state index is 0.185. The third kappa shape index (κ3) is 2.72. The van der Waals surface area contributed by atoms with Gasteiger partial charge in [-0.05, 0) is 36.9 Å². The normalized spacial score (nSPS) is 17.6. The van der Waals surface area contributed by atoms with E-state index in [2.05, 4.69) is 36.5 Å². The Labute approximate surface area is 109 Å². The van der Waals surface area contributed by atoms with Crippen molar-refractivity contribution in [2.45, 2.75) is 32.2 Å². The van der Waals surface area contributed by atoms with E-state index in [0.29, 0.717) is 6.54 Å². The Balaban J connectivity index is 1.98. The van der Waals surface area contributed by atoms with Crippen LogP contribution in [-0.4, -0.2) is 30.9 Å². The highest BCUT2D eigenvalue weighted by atomic mass is 16.2. The molecule has 0 saturated carbocycles. The molecule has 3 heteroatoms. The van der Waals surface area contributed by atoms with Gasteiger partial charge in [0, 0.05) is 7.05 Å². The summed E-state index contributed by atoms with van der Waals surface area (Å²) in [6.07, 6.45) is 3.19. The lowest BCUT2D eigenvalue weighted by Gasteiger charge is -2.25. The van der Waals surface area contributed by atoms with Gasteiger partial charge in [-0.3, -0.25) is 4.79 Å². The smallest absolute Gasteiger partial charge is 0.236 e. The molecule has 0 aromatic heterocycles. The van der Waals surface area contributed by atoms with Gasteiger partial charge in [0.2, 0.25) is 5.91 Å². The largest absolute Gasteiger partial charge is 0.338 e. The average Bonchev–Trinajstić information content (AvgIpc) is 2.82. The fraction of sp³-hybridized carbons (Fsp3) is 0.533. The van der Waals surface area contributed by atoms with Crippen molar-refractivity contribution in [1.29, 1.82) is 0 Å². The number of benzene rings is 1. The molecule has 18 heavy (non-hydrogen) atoms. The number of hydrogen-bond donors (Lipinski definition) is 1. The molecule has 0 heterocycles. The Morgan fingerprint density at radius 3 is 3.00 bits per heavy atom. The van der Waals surface area contributed by atoms with Crippen LogP contribution in [0.15, 0.2) is 24.3 Å². The number of carbonyl (C=O) groups excluding carboxylic acids is 1. The molecule has 1 N–H and O–H groups in total. The number of nitrogens with one attached hydrogen (secondary N) is 1. The van der Waals surface area contributed by atoms with Crippen molar-refractivity contribution in [3.05, 3.63) is 35.4 Å². The van der Waals surface area contributed by atoms with Crippen LogP contribution in [0.5, 0.6) is 0 Å². The summed E-state index contributed by atoms with van der Waals surface area (Å²) >= 11 is 0. The standard InChI is InChI=1S/C15H22N2O/c1-3-10-16-11-15(18)17(2)14-9-8-12-6-4-5-7-13(12)14/h4-7,14,16H,3,8-11H2,1-2H3. The molecular formula is C15H22N2O. The van der Waals surface area contributed by atoms with Gasteiger partial charge >= 0.3 is 0 Å². The van der Waals surface area contributed by atoms with Crippen LogP contribution in [0, 0.1) is 0 Å². The molecule has 1 aliphatic carbocycles. The van der Waals surface area contributed by atoms with E-state index in [1.807, 2.05) is 11.9 Å². The van der Waals surface area contributed by atoms with Crippen LogP contribution in [0.2, 0.25) is 0 Å². The summed E-state index contributed by atoms with van der Waals surface area (Å²) < 4.78 is 0. The monoisotopic (exact) mass is 246 g/mol. The van der Waals surface area contributed by atoms with Gasteiger partial charge in [-0.25, -0.2) is 0 Å². The zero-order valence-electron chi connectivity index (χ0n) is 11.3. The number of likely N-dealkylation sites (N-methyl/N-ethyl adjacent to an activating group) is 1. The van der Waals surface area contributed by atoms with Crippen molar-refractivity contribution in [2.75, 3.05) is 20.1 Å². The van der Waals surface area contributed by atoms with Gasteiger partial charge in [-0.15, -0.1) is 0 Å². The zero-order valence-corrected chi connectivity index (χ0v) is 11.3. The molecule has 0 bridgehead atoms. The molecule has 0 spiro atoms. The van der Waals surface area contributed by atoms with Gasteiger partial charge in [0.15, 0.2) is 0 Å². The number of nitrogens with zero attached hydrogens (tertiary/aromatic N) is 1. The van der Waals surface area contributed by atoms with Gasteiger partial charge in [-0.1, -0.05) is 31.2 Å². The number of carbonyl (C=O) groups is 1. The van der Waals surface area contributed by atoms with Crippen LogP contribution >= 0.6 is 0 Å². The van der Waals surface area contributed by atoms with E-state index in [-0.39, 0.29) is 11.9 Å². The van der Waals surface area contributed by atoms with Gasteiger partial charge in [-0.2, -0.15) is 0 Å². The highest BCUT2D eigenvalue weighted by Crippen LogP contribution is 2.34. The Kier molecular flexibility index (Phi) is 4.37. The molecular weight excluding hydrogens is 224 g/mol. The molecule has 1 atom stereocenters. The zero-order chi connectivity index (χ0) is 13.0. The third-order valence-electron chi connectivity index (χ3n) is 3.67. The first kappa shape index (κ1) is 13.1. The lowest BCUT2D eigenvalue weighted by molar-refractivity contribution is -0.131. The summed E-state index contributed by atoms with van der Waals surface area (Å²) in [5.74, 6) is 0.185. The number of amides is 1. The van der Waals surface area contributed by atoms with Gasteiger partial charge < -0.3 is 10.2 Å². The number of fused-ring (bicyclic) bond motifs is 1. The van der Waals surface area contributed by atoms with Crippen molar-refractivity contribution >= 4 is 5.91 Å². The lowest BCUT2D eigenvalue weighted by Crippen LogP contribution is -2.37. The molecule has 1 aliphatic rings. The van der Waals surface area contributed by atoms with E-state index in [1.165, 1.54) is 11.1 Å². The third-order valence-corrected chi connectivity index (χ3v) is 3.67. The molecule has 1 aromatic rings. The Morgan fingerprint density at radius 1 is 1.44 bits per heavy atom. The first-order chi connectivity index (χ1) is 8.74. The molecule has 1 unspecified atom stereocenters. The van der Waals surface area contributed by atoms with Gasteiger partial charge in [0.05, 0.1) is 12.6 Å². The van der Waals surface area contributed by atoms with Crippen LogP contribution in [0.1, 0.15) is 36.9 Å². The fourth-order valence-corrected chi connectivity index (χ4v) is 2.61. The second-order valence-corrected chi connectivity index (χ2v) is 4.93. The number of rotatable bonds is 5. The van der Waals surface area contributed by atoms with Crippen LogP contribution < -0.4 is 5.32 Å². The summed E-state index contributed by atoms with van der Waals surface area (Å²) in [5, 5.41) is 3.17. The maximum Gasteiger partial charge on any atom is 0.236 e. The van der Waals surface area contributed by atoms with Crippen molar-refractivity contribution < 1.29 is 4.79 Å². The predicted octanol–water partition coefficient (Wildman–Crippen LogP) is 2.13. The maximum absolute atomic E-state index is 12.1. The van der Waals surface area contributed by atoms with Crippen molar-refractivity contribution in [3.8, 4) is 0 Å². The second-order valence-electron chi connectivity index (χ2n) is 4.93. The van der Waals surface area contributed by atoms with Crippen LogP contribution in [0.25, 0.3) is 0 Å². The molecule has 2 rings (SSSR count). The number of hydrogen-bond acceptors (Lipinski definition) is 2. The minimum Gasteiger partial charge on any atom is -0.338 e. The molecule has 0 saturated heterocycles. The summed E-state index contributed by atoms with van der Waals surface area (Å²) in [4.78, 5) is 14.0. The first-order valence-electron chi connectivity index (χ1n) is 6.78. The van der Waals surface area contributed by atoms with Crippen LogP contribution in [0.4, 0.5) is 0 Å². The molecule has 1 aromatic carbocycles. The SMILES string of the molecule is CCCNCC(=O)N(C)C1CCc2ccccc21. The Bertz CT molecular complexity index is 417. The van der Waals surface area contributed by atoms with Crippen molar-refractivity contribution in [2.24, 2.45) is 0 Å². The van der Waals surface area contributed by atoms with E-state index in [1.54, 1.807) is 0 Å². The summed E-state index contributed by atoms with van der Waals surface area (Å²) in [6.45, 7) is 3.46. The fourth-order valence-electron chi connectivity index (χ4n) is 2.61. The molecule has 98 valence electrons. The maximum atomic E-state index is 12.1. The van der Waals surface area contributed by atoms with E-state index in [4.69, 9.17) is 0 Å². The highest BCUT2D eigenvalue weighted by molar-refractivity contribution is 5.78. The molecule has 0 fully saturated rings.